The van der Waals surface area contributed by atoms with Crippen LogP contribution in [0.3, 0.4) is 0 Å². The molecule has 3 aromatic rings. The maximum absolute atomic E-state index is 13.6. The first kappa shape index (κ1) is 20.3. The van der Waals surface area contributed by atoms with Gasteiger partial charge in [-0.15, -0.1) is 5.10 Å². The summed E-state index contributed by atoms with van der Waals surface area (Å²) in [5, 5.41) is 10.2. The monoisotopic (exact) mass is 416 g/mol. The van der Waals surface area contributed by atoms with Gasteiger partial charge in [0.15, 0.2) is 5.82 Å². The van der Waals surface area contributed by atoms with E-state index in [0.29, 0.717) is 5.56 Å². The first-order valence-corrected chi connectivity index (χ1v) is 8.84. The number of nitrogens with zero attached hydrogens (tertiary/aromatic N) is 3. The van der Waals surface area contributed by atoms with Gasteiger partial charge in [0, 0.05) is 13.0 Å². The number of amides is 2. The number of rotatable bonds is 5. The lowest BCUT2D eigenvalue weighted by atomic mass is 10.1. The van der Waals surface area contributed by atoms with Crippen LogP contribution in [0.25, 0.3) is 0 Å². The Kier molecular flexibility index (Phi) is 6.13. The molecule has 2 amide bonds. The highest BCUT2D eigenvalue weighted by atomic mass is 35.5. The molecule has 0 fully saturated rings. The molecule has 0 aliphatic rings. The number of carbonyl (C=O) groups excluding carboxylic acids is 2. The number of nitrogens with one attached hydrogen (secondary N) is 1. The molecule has 0 aliphatic heterocycles. The van der Waals surface area contributed by atoms with E-state index >= 15 is 0 Å². The van der Waals surface area contributed by atoms with Gasteiger partial charge in [0.2, 0.25) is 11.8 Å². The molecule has 0 bridgehead atoms. The Morgan fingerprint density at radius 3 is 2.62 bits per heavy atom. The molecule has 0 atom stereocenters. The molecule has 1 N–H and O–H groups in total. The predicted molar refractivity (Wildman–Crippen MR) is 105 cm³/mol. The molecule has 0 unspecified atom stereocenters. The fraction of sp³-hybridized carbons (Fsp3) is 0.100. The van der Waals surface area contributed by atoms with Crippen LogP contribution in [0.1, 0.15) is 12.5 Å². The fourth-order valence-electron chi connectivity index (χ4n) is 2.69. The maximum atomic E-state index is 13.6. The maximum Gasteiger partial charge on any atom is 0.229 e. The van der Waals surface area contributed by atoms with Crippen LogP contribution in [0.4, 0.5) is 26.0 Å². The summed E-state index contributed by atoms with van der Waals surface area (Å²) in [6.45, 7) is 1.30. The summed E-state index contributed by atoms with van der Waals surface area (Å²) in [7, 11) is 0. The number of hydrogen-bond donors (Lipinski definition) is 1. The van der Waals surface area contributed by atoms with Crippen LogP contribution in [0.5, 0.6) is 0 Å². The van der Waals surface area contributed by atoms with Crippen LogP contribution in [0.15, 0.2) is 54.7 Å². The van der Waals surface area contributed by atoms with Gasteiger partial charge in [0.1, 0.15) is 11.6 Å². The third-order valence-electron chi connectivity index (χ3n) is 3.92. The van der Waals surface area contributed by atoms with Gasteiger partial charge in [-0.1, -0.05) is 29.8 Å². The Hall–Kier alpha value is -3.39. The van der Waals surface area contributed by atoms with Crippen molar-refractivity contribution in [1.29, 1.82) is 0 Å². The quantitative estimate of drug-likeness (QED) is 0.673. The fourth-order valence-corrected chi connectivity index (χ4v) is 2.88. The molecule has 29 heavy (non-hydrogen) atoms. The molecule has 1 aromatic heterocycles. The van der Waals surface area contributed by atoms with E-state index in [1.54, 1.807) is 12.1 Å². The van der Waals surface area contributed by atoms with Gasteiger partial charge in [-0.3, -0.25) is 14.5 Å². The number of halogens is 3. The van der Waals surface area contributed by atoms with Gasteiger partial charge < -0.3 is 5.32 Å². The topological polar surface area (TPSA) is 75.2 Å². The van der Waals surface area contributed by atoms with Crippen molar-refractivity contribution < 1.29 is 18.4 Å². The van der Waals surface area contributed by atoms with Gasteiger partial charge in [0.05, 0.1) is 29.0 Å². The number of hydrogen-bond acceptors (Lipinski definition) is 4. The molecule has 0 saturated heterocycles. The van der Waals surface area contributed by atoms with E-state index in [0.717, 1.165) is 4.90 Å². The zero-order chi connectivity index (χ0) is 21.0. The van der Waals surface area contributed by atoms with Gasteiger partial charge in [-0.05, 0) is 29.8 Å². The molecule has 0 aliphatic carbocycles. The molecule has 1 heterocycles. The van der Waals surface area contributed by atoms with Crippen molar-refractivity contribution in [3.05, 3.63) is 76.9 Å². The average Bonchev–Trinajstić information content (AvgIpc) is 2.66. The highest BCUT2D eigenvalue weighted by Gasteiger charge is 2.18. The Morgan fingerprint density at radius 2 is 1.90 bits per heavy atom. The first-order chi connectivity index (χ1) is 13.8. The van der Waals surface area contributed by atoms with Gasteiger partial charge >= 0.3 is 0 Å². The van der Waals surface area contributed by atoms with Crippen molar-refractivity contribution in [2.75, 3.05) is 10.2 Å². The minimum atomic E-state index is -0.614. The molecule has 9 heteroatoms. The Balaban J connectivity index is 1.82. The summed E-state index contributed by atoms with van der Waals surface area (Å²) >= 11 is 5.87. The summed E-state index contributed by atoms with van der Waals surface area (Å²) in [6, 6.07) is 11.1. The standard InChI is InChI=1S/C20H15ClF2N4O2/c1-12(28)27(16-6-3-5-14(22)9-16)18-10-15(11-24-26-18)25-19(29)8-13-4-2-7-17(23)20(13)21/h2-7,9-11H,8H2,1H3,(H,25,26,29). The van der Waals surface area contributed by atoms with E-state index in [2.05, 4.69) is 15.5 Å². The van der Waals surface area contributed by atoms with Crippen molar-refractivity contribution in [3.63, 3.8) is 0 Å². The van der Waals surface area contributed by atoms with E-state index in [1.165, 1.54) is 49.5 Å². The molecule has 0 spiro atoms. The molecule has 0 radical (unpaired) electrons. The minimum absolute atomic E-state index is 0.102. The van der Waals surface area contributed by atoms with Crippen LogP contribution >= 0.6 is 11.6 Å². The number of anilines is 3. The normalized spacial score (nSPS) is 10.5. The first-order valence-electron chi connectivity index (χ1n) is 8.47. The Bertz CT molecular complexity index is 1080. The lowest BCUT2D eigenvalue weighted by Gasteiger charge is -2.20. The number of carbonyl (C=O) groups is 2. The molecule has 148 valence electrons. The van der Waals surface area contributed by atoms with Crippen molar-refractivity contribution in [2.24, 2.45) is 0 Å². The van der Waals surface area contributed by atoms with Crippen molar-refractivity contribution >= 4 is 40.6 Å². The predicted octanol–water partition coefficient (Wildman–Crippen LogP) is 4.27. The number of aromatic nitrogens is 2. The highest BCUT2D eigenvalue weighted by Crippen LogP contribution is 2.26. The van der Waals surface area contributed by atoms with Gasteiger partial charge in [0.25, 0.3) is 0 Å². The molecule has 0 saturated carbocycles. The van der Waals surface area contributed by atoms with Crippen molar-refractivity contribution in [3.8, 4) is 0 Å². The minimum Gasteiger partial charge on any atom is -0.324 e. The third-order valence-corrected chi connectivity index (χ3v) is 4.34. The summed E-state index contributed by atoms with van der Waals surface area (Å²) < 4.78 is 27.1. The largest absolute Gasteiger partial charge is 0.324 e. The van der Waals surface area contributed by atoms with E-state index in [9.17, 15) is 18.4 Å². The SMILES string of the molecule is CC(=O)N(c1cccc(F)c1)c1cc(NC(=O)Cc2cccc(F)c2Cl)cnn1. The van der Waals surface area contributed by atoms with E-state index in [1.807, 2.05) is 0 Å². The Labute approximate surface area is 170 Å². The summed E-state index contributed by atoms with van der Waals surface area (Å²) in [5.41, 5.74) is 0.855. The summed E-state index contributed by atoms with van der Waals surface area (Å²) in [5.74, 6) is -1.91. The van der Waals surface area contributed by atoms with Gasteiger partial charge in [-0.2, -0.15) is 5.10 Å². The van der Waals surface area contributed by atoms with Crippen molar-refractivity contribution in [2.45, 2.75) is 13.3 Å². The zero-order valence-electron chi connectivity index (χ0n) is 15.2. The molecular formula is C20H15ClF2N4O2. The Morgan fingerprint density at radius 1 is 1.14 bits per heavy atom. The lowest BCUT2D eigenvalue weighted by Crippen LogP contribution is -2.24. The molecule has 6 nitrogen and oxygen atoms in total. The third kappa shape index (κ3) is 4.91. The second-order valence-electron chi connectivity index (χ2n) is 6.07. The molecule has 2 aromatic carbocycles. The second kappa shape index (κ2) is 8.74. The lowest BCUT2D eigenvalue weighted by molar-refractivity contribution is -0.116. The van der Waals surface area contributed by atoms with E-state index in [-0.39, 0.29) is 28.6 Å². The van der Waals surface area contributed by atoms with E-state index < -0.39 is 23.4 Å². The van der Waals surface area contributed by atoms with Crippen LogP contribution in [-0.4, -0.2) is 22.0 Å². The smallest absolute Gasteiger partial charge is 0.229 e. The second-order valence-corrected chi connectivity index (χ2v) is 6.45. The summed E-state index contributed by atoms with van der Waals surface area (Å²) in [4.78, 5) is 25.6. The van der Waals surface area contributed by atoms with E-state index in [4.69, 9.17) is 11.6 Å². The zero-order valence-corrected chi connectivity index (χ0v) is 16.0. The summed E-state index contributed by atoms with van der Waals surface area (Å²) in [6.07, 6.45) is 1.13. The molecule has 3 rings (SSSR count). The highest BCUT2D eigenvalue weighted by molar-refractivity contribution is 6.31. The van der Waals surface area contributed by atoms with Crippen LogP contribution in [0.2, 0.25) is 5.02 Å². The van der Waals surface area contributed by atoms with Crippen LogP contribution in [-0.2, 0) is 16.0 Å². The number of benzene rings is 2. The van der Waals surface area contributed by atoms with Crippen LogP contribution < -0.4 is 10.2 Å². The van der Waals surface area contributed by atoms with Gasteiger partial charge in [-0.25, -0.2) is 8.78 Å². The molecular weight excluding hydrogens is 402 g/mol. The average molecular weight is 417 g/mol. The van der Waals surface area contributed by atoms with Crippen LogP contribution in [0, 0.1) is 11.6 Å². The van der Waals surface area contributed by atoms with Crippen molar-refractivity contribution in [1.82, 2.24) is 10.2 Å².